The highest BCUT2D eigenvalue weighted by atomic mass is 16.5. The Bertz CT molecular complexity index is 1290. The van der Waals surface area contributed by atoms with E-state index in [1.165, 1.54) is 16.7 Å². The number of nitrogens with one attached hydrogen (secondary N) is 1. The number of amides is 1. The number of ether oxygens (including phenoxy) is 1. The van der Waals surface area contributed by atoms with Gasteiger partial charge in [-0.2, -0.15) is 5.10 Å². The second kappa shape index (κ2) is 8.49. The normalized spacial score (nSPS) is 11.2. The summed E-state index contributed by atoms with van der Waals surface area (Å²) in [5.41, 5.74) is 7.24. The van der Waals surface area contributed by atoms with Crippen molar-refractivity contribution in [2.75, 3.05) is 0 Å². The number of aromatic nitrogens is 3. The summed E-state index contributed by atoms with van der Waals surface area (Å²) in [7, 11) is 1.87. The molecule has 166 valence electrons. The Kier molecular flexibility index (Phi) is 5.74. The number of carbonyl (C=O) groups excluding carboxylic acids is 1. The topological polar surface area (TPSA) is 82.2 Å². The van der Waals surface area contributed by atoms with Crippen molar-refractivity contribution in [1.29, 1.82) is 0 Å². The summed E-state index contributed by atoms with van der Waals surface area (Å²) in [5, 5.41) is 8.36. The lowest BCUT2D eigenvalue weighted by Crippen LogP contribution is -2.23. The van der Waals surface area contributed by atoms with Crippen LogP contribution < -0.4 is 10.1 Å². The van der Waals surface area contributed by atoms with Crippen LogP contribution in [0, 0.1) is 34.6 Å². The van der Waals surface area contributed by atoms with Crippen LogP contribution in [0.15, 0.2) is 34.7 Å². The van der Waals surface area contributed by atoms with Crippen LogP contribution in [0.4, 0.5) is 0 Å². The van der Waals surface area contributed by atoms with Crippen molar-refractivity contribution in [2.45, 2.75) is 47.8 Å². The molecule has 4 aromatic rings. The molecule has 0 saturated heterocycles. The van der Waals surface area contributed by atoms with Gasteiger partial charge in [-0.25, -0.2) is 4.98 Å². The van der Waals surface area contributed by atoms with E-state index >= 15 is 0 Å². The quantitative estimate of drug-likeness (QED) is 0.481. The van der Waals surface area contributed by atoms with Crippen molar-refractivity contribution in [3.05, 3.63) is 75.5 Å². The summed E-state index contributed by atoms with van der Waals surface area (Å²) < 4.78 is 13.3. The number of carbonyl (C=O) groups is 1. The van der Waals surface area contributed by atoms with Crippen LogP contribution in [0.5, 0.6) is 5.75 Å². The molecule has 0 bridgehead atoms. The Labute approximate surface area is 187 Å². The lowest BCUT2D eigenvalue weighted by molar-refractivity contribution is 0.0918. The van der Waals surface area contributed by atoms with Gasteiger partial charge in [-0.15, -0.1) is 0 Å². The molecule has 1 amide bonds. The van der Waals surface area contributed by atoms with E-state index in [4.69, 9.17) is 9.15 Å². The van der Waals surface area contributed by atoms with Crippen molar-refractivity contribution in [3.63, 3.8) is 0 Å². The largest absolute Gasteiger partial charge is 0.486 e. The molecule has 0 atom stereocenters. The van der Waals surface area contributed by atoms with Crippen molar-refractivity contribution in [1.82, 2.24) is 20.1 Å². The van der Waals surface area contributed by atoms with Crippen molar-refractivity contribution < 1.29 is 13.9 Å². The Morgan fingerprint density at radius 3 is 2.50 bits per heavy atom. The molecular formula is C25H28N4O3. The molecule has 4 rings (SSSR count). The Morgan fingerprint density at radius 2 is 1.78 bits per heavy atom. The first-order valence-corrected chi connectivity index (χ1v) is 10.6. The van der Waals surface area contributed by atoms with Gasteiger partial charge in [0.1, 0.15) is 18.1 Å². The van der Waals surface area contributed by atoms with Gasteiger partial charge in [0.15, 0.2) is 11.4 Å². The average Bonchev–Trinajstić information content (AvgIpc) is 3.33. The molecule has 0 aliphatic heterocycles. The van der Waals surface area contributed by atoms with Crippen LogP contribution >= 0.6 is 0 Å². The highest BCUT2D eigenvalue weighted by Crippen LogP contribution is 2.23. The summed E-state index contributed by atoms with van der Waals surface area (Å²) in [5.74, 6) is 1.33. The van der Waals surface area contributed by atoms with Gasteiger partial charge in [0, 0.05) is 12.4 Å². The number of rotatable bonds is 6. The molecule has 7 heteroatoms. The number of fused-ring (bicyclic) bond motifs is 1. The zero-order chi connectivity index (χ0) is 23.0. The van der Waals surface area contributed by atoms with Gasteiger partial charge in [-0.3, -0.25) is 9.48 Å². The maximum Gasteiger partial charge on any atom is 0.287 e. The first-order valence-electron chi connectivity index (χ1n) is 10.6. The zero-order valence-corrected chi connectivity index (χ0v) is 19.4. The third-order valence-corrected chi connectivity index (χ3v) is 5.82. The summed E-state index contributed by atoms with van der Waals surface area (Å²) >= 11 is 0. The molecule has 0 spiro atoms. The van der Waals surface area contributed by atoms with Gasteiger partial charge in [0.2, 0.25) is 0 Å². The summed E-state index contributed by atoms with van der Waals surface area (Å²) in [6.07, 6.45) is 0. The number of hydrogen-bond donors (Lipinski definition) is 1. The van der Waals surface area contributed by atoms with Crippen LogP contribution in [0.1, 0.15) is 50.0 Å². The van der Waals surface area contributed by atoms with E-state index in [-0.39, 0.29) is 18.3 Å². The molecular weight excluding hydrogens is 404 g/mol. The molecule has 0 unspecified atom stereocenters. The number of pyridine rings is 1. The lowest BCUT2D eigenvalue weighted by atomic mass is 10.0. The van der Waals surface area contributed by atoms with Crippen molar-refractivity contribution >= 4 is 16.9 Å². The number of aryl methyl sites for hydroxylation is 5. The molecule has 7 nitrogen and oxygen atoms in total. The van der Waals surface area contributed by atoms with Gasteiger partial charge < -0.3 is 14.5 Å². The van der Waals surface area contributed by atoms with E-state index in [1.54, 1.807) is 16.8 Å². The molecule has 1 aromatic carbocycles. The minimum atomic E-state index is -0.293. The Morgan fingerprint density at radius 1 is 1.06 bits per heavy atom. The van der Waals surface area contributed by atoms with E-state index in [9.17, 15) is 4.79 Å². The molecule has 0 saturated carbocycles. The second-order valence-corrected chi connectivity index (χ2v) is 8.26. The molecule has 1 N–H and O–H groups in total. The highest BCUT2D eigenvalue weighted by Gasteiger charge is 2.14. The van der Waals surface area contributed by atoms with Crippen LogP contribution in [-0.4, -0.2) is 20.7 Å². The van der Waals surface area contributed by atoms with Gasteiger partial charge in [0.25, 0.3) is 5.91 Å². The maximum atomic E-state index is 12.6. The molecule has 0 aliphatic carbocycles. The van der Waals surface area contributed by atoms with Gasteiger partial charge in [-0.05, 0) is 87.2 Å². The first-order chi connectivity index (χ1) is 15.2. The minimum absolute atomic E-state index is 0.244. The van der Waals surface area contributed by atoms with Crippen LogP contribution in [-0.2, 0) is 20.2 Å². The summed E-state index contributed by atoms with van der Waals surface area (Å²) in [6.45, 7) is 10.8. The maximum absolute atomic E-state index is 12.6. The average molecular weight is 433 g/mol. The molecule has 0 radical (unpaired) electrons. The highest BCUT2D eigenvalue weighted by molar-refractivity contribution is 5.91. The van der Waals surface area contributed by atoms with Crippen LogP contribution in [0.25, 0.3) is 11.0 Å². The monoisotopic (exact) mass is 432 g/mol. The Balaban J connectivity index is 1.39. The van der Waals surface area contributed by atoms with E-state index in [0.29, 0.717) is 12.3 Å². The van der Waals surface area contributed by atoms with Crippen molar-refractivity contribution in [3.8, 4) is 5.75 Å². The Hall–Kier alpha value is -3.61. The van der Waals surface area contributed by atoms with Crippen LogP contribution in [0.3, 0.4) is 0 Å². The third kappa shape index (κ3) is 4.23. The number of nitrogens with zero attached hydrogens (tertiary/aromatic N) is 3. The zero-order valence-electron chi connectivity index (χ0n) is 19.4. The SMILES string of the molecule is Cc1cc(OCc2ccc(C(=O)NCc3cc(C)c4c(C)nn(C)c4n3)o2)cc(C)c1C. The van der Waals surface area contributed by atoms with Crippen LogP contribution in [0.2, 0.25) is 0 Å². The summed E-state index contributed by atoms with van der Waals surface area (Å²) in [6, 6.07) is 9.41. The van der Waals surface area contributed by atoms with Gasteiger partial charge >= 0.3 is 0 Å². The predicted octanol–water partition coefficient (Wildman–Crippen LogP) is 4.61. The van der Waals surface area contributed by atoms with E-state index in [0.717, 1.165) is 33.7 Å². The molecule has 3 aromatic heterocycles. The fourth-order valence-electron chi connectivity index (χ4n) is 3.89. The number of hydrogen-bond acceptors (Lipinski definition) is 5. The second-order valence-electron chi connectivity index (χ2n) is 8.26. The van der Waals surface area contributed by atoms with E-state index in [1.807, 2.05) is 39.1 Å². The van der Waals surface area contributed by atoms with E-state index in [2.05, 4.69) is 36.2 Å². The van der Waals surface area contributed by atoms with E-state index < -0.39 is 0 Å². The summed E-state index contributed by atoms with van der Waals surface area (Å²) in [4.78, 5) is 17.2. The van der Waals surface area contributed by atoms with Crippen molar-refractivity contribution in [2.24, 2.45) is 7.05 Å². The molecule has 0 fully saturated rings. The molecule has 0 aliphatic rings. The first kappa shape index (κ1) is 21.6. The molecule has 3 heterocycles. The van der Waals surface area contributed by atoms with Gasteiger partial charge in [0.05, 0.1) is 17.9 Å². The number of benzene rings is 1. The fraction of sp³-hybridized carbons (Fsp3) is 0.320. The molecule has 32 heavy (non-hydrogen) atoms. The number of furan rings is 1. The minimum Gasteiger partial charge on any atom is -0.486 e. The standard InChI is InChI=1S/C25H28N4O3/c1-14-10-21(11-15(2)17(14)4)31-13-20-7-8-22(32-20)25(30)26-12-19-9-16(3)23-18(5)28-29(6)24(23)27-19/h7-11H,12-13H2,1-6H3,(H,26,30). The lowest BCUT2D eigenvalue weighted by Gasteiger charge is -2.10. The third-order valence-electron chi connectivity index (χ3n) is 5.82. The van der Waals surface area contributed by atoms with Gasteiger partial charge in [-0.1, -0.05) is 0 Å². The predicted molar refractivity (Wildman–Crippen MR) is 123 cm³/mol. The smallest absolute Gasteiger partial charge is 0.287 e. The fourth-order valence-corrected chi connectivity index (χ4v) is 3.89.